The smallest absolute Gasteiger partial charge is 0.224 e. The van der Waals surface area contributed by atoms with E-state index in [-0.39, 0.29) is 23.6 Å². The van der Waals surface area contributed by atoms with Crippen molar-refractivity contribution < 1.29 is 19.4 Å². The number of amides is 1. The molecule has 6 heteroatoms. The number of carboxylic acid groups (broad SMARTS) is 1. The van der Waals surface area contributed by atoms with Crippen LogP contribution in [0, 0.1) is 0 Å². The Labute approximate surface area is 138 Å². The molecule has 0 unspecified atom stereocenters. The Morgan fingerprint density at radius 1 is 1.09 bits per heavy atom. The molecule has 1 amide bonds. The van der Waals surface area contributed by atoms with Crippen LogP contribution in [0.2, 0.25) is 5.02 Å². The number of nitrogens with one attached hydrogen (secondary N) is 1. The van der Waals surface area contributed by atoms with Crippen LogP contribution in [0.15, 0.2) is 48.5 Å². The fourth-order valence-electron chi connectivity index (χ4n) is 1.94. The molecule has 1 N–H and O–H groups in total. The first-order valence-electron chi connectivity index (χ1n) is 7.05. The van der Waals surface area contributed by atoms with Crippen LogP contribution in [0.3, 0.4) is 0 Å². The number of halogens is 1. The fraction of sp³-hybridized carbons (Fsp3) is 0.176. The van der Waals surface area contributed by atoms with Crippen LogP contribution < -0.4 is 15.2 Å². The third-order valence-electron chi connectivity index (χ3n) is 3.05. The Morgan fingerprint density at radius 3 is 2.48 bits per heavy atom. The van der Waals surface area contributed by atoms with Gasteiger partial charge < -0.3 is 20.0 Å². The number of ether oxygens (including phenoxy) is 1. The average Bonchev–Trinajstić information content (AvgIpc) is 2.53. The molecule has 5 nitrogen and oxygen atoms in total. The Morgan fingerprint density at radius 2 is 1.78 bits per heavy atom. The van der Waals surface area contributed by atoms with Crippen molar-refractivity contribution >= 4 is 29.2 Å². The molecule has 2 rings (SSSR count). The molecular weight excluding hydrogens is 318 g/mol. The zero-order chi connectivity index (χ0) is 16.7. The lowest BCUT2D eigenvalue weighted by Gasteiger charge is -2.11. The molecule has 0 radical (unpaired) electrons. The molecule has 0 aromatic heterocycles. The van der Waals surface area contributed by atoms with Crippen molar-refractivity contribution in [2.24, 2.45) is 0 Å². The summed E-state index contributed by atoms with van der Waals surface area (Å²) >= 11 is 5.77. The molecule has 0 heterocycles. The highest BCUT2D eigenvalue weighted by Crippen LogP contribution is 2.16. The number of para-hydroxylation sites is 1. The van der Waals surface area contributed by atoms with Gasteiger partial charge in [0, 0.05) is 22.7 Å². The lowest BCUT2D eigenvalue weighted by Crippen LogP contribution is -2.24. The maximum atomic E-state index is 11.8. The number of carbonyl (C=O) groups excluding carboxylic acids is 2. The highest BCUT2D eigenvalue weighted by atomic mass is 35.5. The molecule has 0 spiro atoms. The van der Waals surface area contributed by atoms with E-state index in [0.29, 0.717) is 23.8 Å². The first-order chi connectivity index (χ1) is 11.1. The topological polar surface area (TPSA) is 78.5 Å². The zero-order valence-electron chi connectivity index (χ0n) is 12.3. The third kappa shape index (κ3) is 5.30. The Balaban J connectivity index is 1.77. The van der Waals surface area contributed by atoms with Gasteiger partial charge in [0.25, 0.3) is 0 Å². The molecule has 0 aliphatic carbocycles. The van der Waals surface area contributed by atoms with Gasteiger partial charge >= 0.3 is 0 Å². The van der Waals surface area contributed by atoms with Crippen molar-refractivity contribution in [2.75, 3.05) is 11.9 Å². The number of rotatable bonds is 7. The number of carbonyl (C=O) groups is 2. The largest absolute Gasteiger partial charge is 0.545 e. The highest BCUT2D eigenvalue weighted by Gasteiger charge is 2.07. The second-order valence-electron chi connectivity index (χ2n) is 4.79. The summed E-state index contributed by atoms with van der Waals surface area (Å²) in [6, 6.07) is 13.1. The molecule has 0 saturated heterocycles. The summed E-state index contributed by atoms with van der Waals surface area (Å²) in [5, 5.41) is 14.1. The van der Waals surface area contributed by atoms with Crippen molar-refractivity contribution in [1.82, 2.24) is 0 Å². The second-order valence-corrected chi connectivity index (χ2v) is 5.22. The van der Waals surface area contributed by atoms with E-state index >= 15 is 0 Å². The summed E-state index contributed by atoms with van der Waals surface area (Å²) in [4.78, 5) is 22.8. The Bertz CT molecular complexity index is 685. The summed E-state index contributed by atoms with van der Waals surface area (Å²) < 4.78 is 5.48. The highest BCUT2D eigenvalue weighted by molar-refractivity contribution is 6.30. The number of hydrogen-bond donors (Lipinski definition) is 1. The summed E-state index contributed by atoms with van der Waals surface area (Å²) in [5.74, 6) is -0.928. The van der Waals surface area contributed by atoms with E-state index in [4.69, 9.17) is 16.3 Å². The minimum atomic E-state index is -1.33. The normalized spacial score (nSPS) is 10.1. The lowest BCUT2D eigenvalue weighted by atomic mass is 10.1. The number of hydrogen-bond acceptors (Lipinski definition) is 4. The van der Waals surface area contributed by atoms with E-state index in [2.05, 4.69) is 5.32 Å². The molecule has 0 fully saturated rings. The van der Waals surface area contributed by atoms with E-state index in [0.717, 1.165) is 0 Å². The number of benzene rings is 2. The van der Waals surface area contributed by atoms with Crippen LogP contribution >= 0.6 is 11.6 Å². The predicted molar refractivity (Wildman–Crippen MR) is 85.6 cm³/mol. The van der Waals surface area contributed by atoms with Crippen LogP contribution in [-0.4, -0.2) is 18.5 Å². The van der Waals surface area contributed by atoms with Crippen LogP contribution in [0.5, 0.6) is 5.75 Å². The zero-order valence-corrected chi connectivity index (χ0v) is 13.0. The predicted octanol–water partition coefficient (Wildman–Crippen LogP) is 2.50. The molecule has 0 bridgehead atoms. The summed E-state index contributed by atoms with van der Waals surface area (Å²) in [6.45, 7) is 0.372. The molecule has 2 aromatic carbocycles. The van der Waals surface area contributed by atoms with E-state index in [1.54, 1.807) is 36.4 Å². The van der Waals surface area contributed by atoms with Gasteiger partial charge in [-0.3, -0.25) is 4.79 Å². The number of carboxylic acids is 1. The molecule has 2 aromatic rings. The summed E-state index contributed by atoms with van der Waals surface area (Å²) in [7, 11) is 0. The number of aromatic carboxylic acids is 1. The van der Waals surface area contributed by atoms with Crippen LogP contribution in [0.25, 0.3) is 0 Å². The first kappa shape index (κ1) is 16.8. The van der Waals surface area contributed by atoms with Crippen molar-refractivity contribution in [3.8, 4) is 5.75 Å². The van der Waals surface area contributed by atoms with E-state index in [1.807, 2.05) is 0 Å². The Kier molecular flexibility index (Phi) is 6.00. The van der Waals surface area contributed by atoms with Crippen LogP contribution in [-0.2, 0) is 4.79 Å². The van der Waals surface area contributed by atoms with Gasteiger partial charge in [-0.15, -0.1) is 0 Å². The first-order valence-corrected chi connectivity index (χ1v) is 7.42. The third-order valence-corrected chi connectivity index (χ3v) is 3.30. The SMILES string of the molecule is O=C(CCCOc1ccc(Cl)cc1)Nc1ccccc1C(=O)[O-]. The molecule has 23 heavy (non-hydrogen) atoms. The van der Waals surface area contributed by atoms with Crippen molar-refractivity contribution in [1.29, 1.82) is 0 Å². The van der Waals surface area contributed by atoms with Gasteiger partial charge in [0.2, 0.25) is 5.91 Å². The molecular formula is C17H15ClNO4-. The van der Waals surface area contributed by atoms with Crippen molar-refractivity contribution in [3.05, 3.63) is 59.1 Å². The molecule has 0 aliphatic rings. The quantitative estimate of drug-likeness (QED) is 0.790. The van der Waals surface area contributed by atoms with Gasteiger partial charge in [0.15, 0.2) is 0 Å². The van der Waals surface area contributed by atoms with Crippen LogP contribution in [0.1, 0.15) is 23.2 Å². The van der Waals surface area contributed by atoms with Gasteiger partial charge in [-0.1, -0.05) is 29.8 Å². The minimum absolute atomic E-state index is 0.0433. The summed E-state index contributed by atoms with van der Waals surface area (Å²) in [6.07, 6.45) is 0.719. The maximum absolute atomic E-state index is 11.8. The standard InChI is InChI=1S/C17H16ClNO4/c18-12-7-9-13(10-8-12)23-11-3-6-16(20)19-15-5-2-1-4-14(15)17(21)22/h1-2,4-5,7-10H,3,6,11H2,(H,19,20)(H,21,22)/p-1. The lowest BCUT2D eigenvalue weighted by molar-refractivity contribution is -0.254. The molecule has 0 atom stereocenters. The second kappa shape index (κ2) is 8.19. The molecule has 0 saturated carbocycles. The number of anilines is 1. The van der Waals surface area contributed by atoms with Gasteiger partial charge in [0.1, 0.15) is 5.75 Å². The van der Waals surface area contributed by atoms with E-state index in [9.17, 15) is 14.7 Å². The maximum Gasteiger partial charge on any atom is 0.224 e. The van der Waals surface area contributed by atoms with Gasteiger partial charge in [-0.25, -0.2) is 0 Å². The van der Waals surface area contributed by atoms with Gasteiger partial charge in [-0.2, -0.15) is 0 Å². The molecule has 0 aliphatic heterocycles. The monoisotopic (exact) mass is 332 g/mol. The Hall–Kier alpha value is -2.53. The average molecular weight is 333 g/mol. The van der Waals surface area contributed by atoms with Crippen LogP contribution in [0.4, 0.5) is 5.69 Å². The minimum Gasteiger partial charge on any atom is -0.545 e. The summed E-state index contributed by atoms with van der Waals surface area (Å²) in [5.41, 5.74) is 0.189. The molecule has 120 valence electrons. The van der Waals surface area contributed by atoms with Gasteiger partial charge in [-0.05, 0) is 36.8 Å². The van der Waals surface area contributed by atoms with Gasteiger partial charge in [0.05, 0.1) is 12.6 Å². The van der Waals surface area contributed by atoms with Crippen molar-refractivity contribution in [3.63, 3.8) is 0 Å². The van der Waals surface area contributed by atoms with E-state index < -0.39 is 5.97 Å². The fourth-order valence-corrected chi connectivity index (χ4v) is 2.06. The van der Waals surface area contributed by atoms with Crippen molar-refractivity contribution in [2.45, 2.75) is 12.8 Å². The van der Waals surface area contributed by atoms with E-state index in [1.165, 1.54) is 12.1 Å².